The van der Waals surface area contributed by atoms with E-state index in [4.69, 9.17) is 8.92 Å². The molecule has 0 aromatic rings. The van der Waals surface area contributed by atoms with Crippen molar-refractivity contribution in [2.75, 3.05) is 6.26 Å². The normalized spacial score (nSPS) is 26.3. The van der Waals surface area contributed by atoms with E-state index in [-0.39, 0.29) is 18.3 Å². The van der Waals surface area contributed by atoms with E-state index in [1.54, 1.807) is 6.92 Å². The average Bonchev–Trinajstić information content (AvgIpc) is 2.33. The number of hydrogen-bond acceptors (Lipinski definition) is 4. The second kappa shape index (κ2) is 8.22. The molecule has 1 saturated heterocycles. The quantitative estimate of drug-likeness (QED) is 0.509. The van der Waals surface area contributed by atoms with Crippen LogP contribution in [0.3, 0.4) is 0 Å². The zero-order valence-electron chi connectivity index (χ0n) is 12.4. The summed E-state index contributed by atoms with van der Waals surface area (Å²) in [5.41, 5.74) is 0. The van der Waals surface area contributed by atoms with Crippen molar-refractivity contribution in [3.8, 4) is 0 Å². The molecular weight excluding hydrogens is 264 g/mol. The van der Waals surface area contributed by atoms with Crippen LogP contribution in [-0.4, -0.2) is 33.0 Å². The molecule has 0 aromatic carbocycles. The summed E-state index contributed by atoms with van der Waals surface area (Å²) in [5, 5.41) is 0. The third-order valence-corrected chi connectivity index (χ3v) is 4.26. The van der Waals surface area contributed by atoms with Gasteiger partial charge in [0.2, 0.25) is 0 Å². The molecule has 0 bridgehead atoms. The van der Waals surface area contributed by atoms with Gasteiger partial charge in [-0.25, -0.2) is 0 Å². The van der Waals surface area contributed by atoms with Crippen LogP contribution in [0, 0.1) is 0 Å². The van der Waals surface area contributed by atoms with E-state index in [1.165, 1.54) is 25.7 Å². The standard InChI is InChI=1S/C14H28O4S/c1-4-5-6-7-9-13-10-8-11-14(17-13)12(2)18-19(3,15)16/h12-14H,4-11H2,1-3H3/t12-,13+,14-/m1/s1. The average molecular weight is 292 g/mol. The maximum absolute atomic E-state index is 11.1. The van der Waals surface area contributed by atoms with E-state index < -0.39 is 10.1 Å². The van der Waals surface area contributed by atoms with Crippen LogP contribution in [0.5, 0.6) is 0 Å². The van der Waals surface area contributed by atoms with Crippen LogP contribution in [0.15, 0.2) is 0 Å². The van der Waals surface area contributed by atoms with E-state index in [2.05, 4.69) is 6.92 Å². The van der Waals surface area contributed by atoms with Crippen LogP contribution in [0.25, 0.3) is 0 Å². The Kier molecular flexibility index (Phi) is 7.32. The molecule has 1 rings (SSSR count). The van der Waals surface area contributed by atoms with Crippen LogP contribution in [0.2, 0.25) is 0 Å². The Labute approximate surface area is 118 Å². The maximum Gasteiger partial charge on any atom is 0.264 e. The van der Waals surface area contributed by atoms with Gasteiger partial charge in [0, 0.05) is 0 Å². The minimum absolute atomic E-state index is 0.0837. The van der Waals surface area contributed by atoms with Gasteiger partial charge < -0.3 is 4.74 Å². The van der Waals surface area contributed by atoms with Gasteiger partial charge in [-0.2, -0.15) is 8.42 Å². The first-order chi connectivity index (χ1) is 8.92. The minimum atomic E-state index is -3.39. The van der Waals surface area contributed by atoms with Crippen molar-refractivity contribution in [3.05, 3.63) is 0 Å². The zero-order valence-corrected chi connectivity index (χ0v) is 13.2. The molecule has 0 aromatic heterocycles. The van der Waals surface area contributed by atoms with Gasteiger partial charge in [0.15, 0.2) is 0 Å². The lowest BCUT2D eigenvalue weighted by Gasteiger charge is -2.33. The molecule has 5 heteroatoms. The second-order valence-corrected chi connectivity index (χ2v) is 7.18. The smallest absolute Gasteiger partial charge is 0.264 e. The fourth-order valence-electron chi connectivity index (χ4n) is 2.62. The van der Waals surface area contributed by atoms with Gasteiger partial charge in [0.1, 0.15) is 6.10 Å². The SMILES string of the molecule is CCCCCC[C@H]1CCC[C@H]([C@@H](C)OS(C)(=O)=O)O1. The highest BCUT2D eigenvalue weighted by atomic mass is 32.2. The lowest BCUT2D eigenvalue weighted by molar-refractivity contribution is -0.0943. The van der Waals surface area contributed by atoms with Crippen LogP contribution < -0.4 is 0 Å². The molecule has 19 heavy (non-hydrogen) atoms. The molecule has 4 nitrogen and oxygen atoms in total. The van der Waals surface area contributed by atoms with Gasteiger partial charge in [0.05, 0.1) is 18.5 Å². The van der Waals surface area contributed by atoms with Crippen molar-refractivity contribution in [2.24, 2.45) is 0 Å². The summed E-state index contributed by atoms with van der Waals surface area (Å²) in [6.45, 7) is 3.99. The zero-order chi connectivity index (χ0) is 14.3. The molecule has 1 aliphatic rings. The summed E-state index contributed by atoms with van der Waals surface area (Å²) in [6.07, 6.45) is 10.1. The fourth-order valence-corrected chi connectivity index (χ4v) is 3.30. The maximum atomic E-state index is 11.1. The summed E-state index contributed by atoms with van der Waals surface area (Å²) in [4.78, 5) is 0. The summed E-state index contributed by atoms with van der Waals surface area (Å²) in [6, 6.07) is 0. The topological polar surface area (TPSA) is 52.6 Å². The molecule has 114 valence electrons. The Morgan fingerprint density at radius 3 is 2.63 bits per heavy atom. The Balaban J connectivity index is 2.33. The lowest BCUT2D eigenvalue weighted by Crippen LogP contribution is -2.37. The molecule has 0 spiro atoms. The van der Waals surface area contributed by atoms with Crippen molar-refractivity contribution in [1.82, 2.24) is 0 Å². The van der Waals surface area contributed by atoms with E-state index in [9.17, 15) is 8.42 Å². The number of ether oxygens (including phenoxy) is 1. The summed E-state index contributed by atoms with van der Waals surface area (Å²) < 4.78 is 33.3. The Morgan fingerprint density at radius 2 is 2.00 bits per heavy atom. The Bertz CT molecular complexity index is 339. The molecule has 0 N–H and O–H groups in total. The van der Waals surface area contributed by atoms with Crippen LogP contribution >= 0.6 is 0 Å². The lowest BCUT2D eigenvalue weighted by atomic mass is 9.97. The number of hydrogen-bond donors (Lipinski definition) is 0. The monoisotopic (exact) mass is 292 g/mol. The molecular formula is C14H28O4S. The van der Waals surface area contributed by atoms with Gasteiger partial charge in [0.25, 0.3) is 10.1 Å². The highest BCUT2D eigenvalue weighted by Gasteiger charge is 2.28. The highest BCUT2D eigenvalue weighted by molar-refractivity contribution is 7.86. The molecule has 0 amide bonds. The molecule has 0 radical (unpaired) electrons. The fraction of sp³-hybridized carbons (Fsp3) is 1.00. The van der Waals surface area contributed by atoms with E-state index in [0.717, 1.165) is 31.9 Å². The van der Waals surface area contributed by atoms with Crippen molar-refractivity contribution in [3.63, 3.8) is 0 Å². The first-order valence-corrected chi connectivity index (χ1v) is 9.27. The molecule has 1 aliphatic heterocycles. The summed E-state index contributed by atoms with van der Waals surface area (Å²) in [5.74, 6) is 0. The van der Waals surface area contributed by atoms with Crippen LogP contribution in [-0.2, 0) is 19.0 Å². The molecule has 1 heterocycles. The highest BCUT2D eigenvalue weighted by Crippen LogP contribution is 2.26. The van der Waals surface area contributed by atoms with Crippen LogP contribution in [0.1, 0.15) is 65.2 Å². The molecule has 0 saturated carbocycles. The number of unbranched alkanes of at least 4 members (excludes halogenated alkanes) is 3. The first kappa shape index (κ1) is 16.9. The summed E-state index contributed by atoms with van der Waals surface area (Å²) in [7, 11) is -3.39. The largest absolute Gasteiger partial charge is 0.372 e. The van der Waals surface area contributed by atoms with E-state index in [1.807, 2.05) is 0 Å². The second-order valence-electron chi connectivity index (χ2n) is 5.58. The Morgan fingerprint density at radius 1 is 1.26 bits per heavy atom. The molecule has 1 fully saturated rings. The van der Waals surface area contributed by atoms with Crippen molar-refractivity contribution in [1.29, 1.82) is 0 Å². The molecule has 0 aliphatic carbocycles. The molecule has 3 atom stereocenters. The van der Waals surface area contributed by atoms with Gasteiger partial charge in [-0.3, -0.25) is 4.18 Å². The predicted octanol–water partition coefficient (Wildman–Crippen LogP) is 3.26. The van der Waals surface area contributed by atoms with Crippen molar-refractivity contribution >= 4 is 10.1 Å². The first-order valence-electron chi connectivity index (χ1n) is 7.46. The van der Waals surface area contributed by atoms with Gasteiger partial charge in [-0.15, -0.1) is 0 Å². The van der Waals surface area contributed by atoms with Crippen LogP contribution in [0.4, 0.5) is 0 Å². The molecule has 0 unspecified atom stereocenters. The van der Waals surface area contributed by atoms with E-state index >= 15 is 0 Å². The Hall–Kier alpha value is -0.130. The van der Waals surface area contributed by atoms with Gasteiger partial charge in [-0.05, 0) is 32.6 Å². The van der Waals surface area contributed by atoms with Crippen molar-refractivity contribution in [2.45, 2.75) is 83.5 Å². The third kappa shape index (κ3) is 7.28. The predicted molar refractivity (Wildman–Crippen MR) is 76.7 cm³/mol. The number of rotatable bonds is 8. The van der Waals surface area contributed by atoms with Gasteiger partial charge in [-0.1, -0.05) is 32.6 Å². The van der Waals surface area contributed by atoms with Crippen molar-refractivity contribution < 1.29 is 17.3 Å². The summed E-state index contributed by atoms with van der Waals surface area (Å²) >= 11 is 0. The van der Waals surface area contributed by atoms with Gasteiger partial charge >= 0.3 is 0 Å². The third-order valence-electron chi connectivity index (χ3n) is 3.61. The van der Waals surface area contributed by atoms with E-state index in [0.29, 0.717) is 0 Å². The minimum Gasteiger partial charge on any atom is -0.372 e.